The highest BCUT2D eigenvalue weighted by Crippen LogP contribution is 2.34. The molecule has 0 saturated carbocycles. The van der Waals surface area contributed by atoms with Crippen LogP contribution in [0.3, 0.4) is 0 Å². The summed E-state index contributed by atoms with van der Waals surface area (Å²) in [6.07, 6.45) is 0. The molecule has 0 saturated heterocycles. The maximum absolute atomic E-state index is 6.23. The summed E-state index contributed by atoms with van der Waals surface area (Å²) < 4.78 is 12.6. The number of hydrogen-bond donors (Lipinski definition) is 1. The molecule has 0 aliphatic heterocycles. The molecule has 0 bridgehead atoms. The number of nitrogens with zero attached hydrogens (tertiary/aromatic N) is 4. The van der Waals surface area contributed by atoms with Gasteiger partial charge in [-0.1, -0.05) is 41.6 Å². The van der Waals surface area contributed by atoms with E-state index in [0.717, 1.165) is 27.6 Å². The predicted molar refractivity (Wildman–Crippen MR) is 125 cm³/mol. The number of ether oxygens (including phenoxy) is 2. The molecule has 2 heterocycles. The van der Waals surface area contributed by atoms with Gasteiger partial charge in [0.15, 0.2) is 17.3 Å². The average molecular weight is 454 g/mol. The molecule has 7 nitrogen and oxygen atoms in total. The van der Waals surface area contributed by atoms with Gasteiger partial charge in [-0.3, -0.25) is 0 Å². The third-order valence-corrected chi connectivity index (χ3v) is 6.50. The van der Waals surface area contributed by atoms with Crippen LogP contribution in [0, 0.1) is 6.92 Å². The van der Waals surface area contributed by atoms with Crippen LogP contribution >= 0.6 is 23.1 Å². The molecule has 4 aromatic rings. The van der Waals surface area contributed by atoms with E-state index in [2.05, 4.69) is 10.2 Å². The first-order chi connectivity index (χ1) is 15.1. The first-order valence-electron chi connectivity index (χ1n) is 9.75. The summed E-state index contributed by atoms with van der Waals surface area (Å²) in [7, 11) is 1.64. The van der Waals surface area contributed by atoms with Gasteiger partial charge >= 0.3 is 0 Å². The SMILES string of the molecule is CCOc1ccc(-c2nc(CSc3nnc(-c4ccc(C)cc4)n3N)cs2)cc1OC. The monoisotopic (exact) mass is 453 g/mol. The summed E-state index contributed by atoms with van der Waals surface area (Å²) >= 11 is 3.10. The summed E-state index contributed by atoms with van der Waals surface area (Å²) in [5, 5.41) is 12.1. The Hall–Kier alpha value is -3.04. The molecule has 31 heavy (non-hydrogen) atoms. The van der Waals surface area contributed by atoms with E-state index in [1.807, 2.05) is 61.7 Å². The highest BCUT2D eigenvalue weighted by Gasteiger charge is 2.14. The van der Waals surface area contributed by atoms with Crippen molar-refractivity contribution in [3.63, 3.8) is 0 Å². The fourth-order valence-corrected chi connectivity index (χ4v) is 4.67. The summed E-state index contributed by atoms with van der Waals surface area (Å²) in [4.78, 5) is 4.75. The van der Waals surface area contributed by atoms with Crippen molar-refractivity contribution in [1.82, 2.24) is 19.9 Å². The number of thiazole rings is 1. The van der Waals surface area contributed by atoms with Gasteiger partial charge in [-0.25, -0.2) is 9.66 Å². The molecule has 2 aromatic heterocycles. The van der Waals surface area contributed by atoms with E-state index in [4.69, 9.17) is 20.3 Å². The van der Waals surface area contributed by atoms with Gasteiger partial charge in [0, 0.05) is 22.3 Å². The van der Waals surface area contributed by atoms with Crippen LogP contribution in [0.15, 0.2) is 53.0 Å². The van der Waals surface area contributed by atoms with E-state index >= 15 is 0 Å². The molecule has 2 N–H and O–H groups in total. The Morgan fingerprint density at radius 1 is 1.06 bits per heavy atom. The van der Waals surface area contributed by atoms with Crippen LogP contribution in [0.5, 0.6) is 11.5 Å². The Bertz CT molecular complexity index is 1170. The molecule has 0 aliphatic carbocycles. The number of nitrogen functional groups attached to an aromatic ring is 1. The van der Waals surface area contributed by atoms with Crippen molar-refractivity contribution in [2.45, 2.75) is 24.8 Å². The zero-order valence-corrected chi connectivity index (χ0v) is 19.2. The van der Waals surface area contributed by atoms with Gasteiger partial charge in [-0.05, 0) is 32.0 Å². The zero-order valence-electron chi connectivity index (χ0n) is 17.5. The second-order valence-electron chi connectivity index (χ2n) is 6.77. The van der Waals surface area contributed by atoms with Crippen molar-refractivity contribution >= 4 is 23.1 Å². The van der Waals surface area contributed by atoms with Crippen LogP contribution in [0.4, 0.5) is 0 Å². The number of methoxy groups -OCH3 is 1. The fraction of sp³-hybridized carbons (Fsp3) is 0.227. The molecule has 0 fully saturated rings. The molecule has 0 spiro atoms. The Morgan fingerprint density at radius 2 is 1.84 bits per heavy atom. The largest absolute Gasteiger partial charge is 0.493 e. The highest BCUT2D eigenvalue weighted by molar-refractivity contribution is 7.98. The molecular formula is C22H23N5O2S2. The molecule has 0 aliphatic rings. The van der Waals surface area contributed by atoms with E-state index in [9.17, 15) is 0 Å². The van der Waals surface area contributed by atoms with E-state index < -0.39 is 0 Å². The third-order valence-electron chi connectivity index (χ3n) is 4.59. The second kappa shape index (κ2) is 9.40. The Labute approximate surface area is 189 Å². The molecular weight excluding hydrogens is 430 g/mol. The molecule has 0 amide bonds. The normalized spacial score (nSPS) is 10.9. The summed E-state index contributed by atoms with van der Waals surface area (Å²) in [6, 6.07) is 13.9. The second-order valence-corrected chi connectivity index (χ2v) is 8.57. The summed E-state index contributed by atoms with van der Waals surface area (Å²) in [5.41, 5.74) is 4.07. The van der Waals surface area contributed by atoms with Crippen LogP contribution in [0.1, 0.15) is 18.2 Å². The Balaban J connectivity index is 1.46. The molecule has 0 atom stereocenters. The van der Waals surface area contributed by atoms with Gasteiger partial charge in [-0.2, -0.15) is 0 Å². The van der Waals surface area contributed by atoms with Crippen LogP contribution in [0.25, 0.3) is 22.0 Å². The minimum absolute atomic E-state index is 0.589. The third kappa shape index (κ3) is 4.67. The van der Waals surface area contributed by atoms with E-state index in [0.29, 0.717) is 29.1 Å². The van der Waals surface area contributed by atoms with E-state index in [1.165, 1.54) is 22.0 Å². The van der Waals surface area contributed by atoms with Crippen molar-refractivity contribution in [3.05, 3.63) is 59.1 Å². The number of hydrogen-bond acceptors (Lipinski definition) is 8. The first-order valence-corrected chi connectivity index (χ1v) is 11.6. The molecule has 0 unspecified atom stereocenters. The maximum Gasteiger partial charge on any atom is 0.210 e. The fourth-order valence-electron chi connectivity index (χ4n) is 2.99. The van der Waals surface area contributed by atoms with Gasteiger partial charge in [0.05, 0.1) is 19.4 Å². The minimum Gasteiger partial charge on any atom is -0.493 e. The number of benzene rings is 2. The molecule has 160 valence electrons. The highest BCUT2D eigenvalue weighted by atomic mass is 32.2. The Kier molecular flexibility index (Phi) is 6.43. The van der Waals surface area contributed by atoms with Crippen molar-refractivity contribution in [2.24, 2.45) is 0 Å². The minimum atomic E-state index is 0.589. The average Bonchev–Trinajstić information content (AvgIpc) is 3.40. The van der Waals surface area contributed by atoms with Crippen LogP contribution in [0.2, 0.25) is 0 Å². The lowest BCUT2D eigenvalue weighted by Gasteiger charge is -2.09. The first kappa shape index (κ1) is 21.2. The van der Waals surface area contributed by atoms with Crippen molar-refractivity contribution in [1.29, 1.82) is 0 Å². The Morgan fingerprint density at radius 3 is 2.58 bits per heavy atom. The number of nitrogens with two attached hydrogens (primary N) is 1. The number of thioether (sulfide) groups is 1. The molecule has 0 radical (unpaired) electrons. The lowest BCUT2D eigenvalue weighted by molar-refractivity contribution is 0.311. The van der Waals surface area contributed by atoms with E-state index in [-0.39, 0.29) is 0 Å². The van der Waals surface area contributed by atoms with E-state index in [1.54, 1.807) is 18.4 Å². The van der Waals surface area contributed by atoms with Crippen LogP contribution in [-0.4, -0.2) is 33.6 Å². The van der Waals surface area contributed by atoms with Crippen LogP contribution < -0.4 is 15.3 Å². The zero-order chi connectivity index (χ0) is 21.8. The molecule has 2 aromatic carbocycles. The van der Waals surface area contributed by atoms with Gasteiger partial charge in [0.25, 0.3) is 0 Å². The maximum atomic E-state index is 6.23. The number of rotatable bonds is 8. The molecule has 9 heteroatoms. The standard InChI is InChI=1S/C22H23N5O2S2/c1-4-29-18-10-9-16(11-19(18)28-3)21-24-17(12-30-21)13-31-22-26-25-20(27(22)23)15-7-5-14(2)6-8-15/h5-12H,4,13,23H2,1-3H3. The smallest absolute Gasteiger partial charge is 0.210 e. The summed E-state index contributed by atoms with van der Waals surface area (Å²) in [5.74, 6) is 8.95. The topological polar surface area (TPSA) is 88.1 Å². The van der Waals surface area contributed by atoms with Gasteiger partial charge in [0.2, 0.25) is 5.16 Å². The van der Waals surface area contributed by atoms with Crippen molar-refractivity contribution in [2.75, 3.05) is 19.6 Å². The van der Waals surface area contributed by atoms with Crippen LogP contribution in [-0.2, 0) is 5.75 Å². The van der Waals surface area contributed by atoms with Gasteiger partial charge in [-0.15, -0.1) is 21.5 Å². The van der Waals surface area contributed by atoms with Gasteiger partial charge < -0.3 is 15.3 Å². The lowest BCUT2D eigenvalue weighted by Crippen LogP contribution is -2.11. The number of aromatic nitrogens is 4. The molecule has 4 rings (SSSR count). The number of aryl methyl sites for hydroxylation is 1. The van der Waals surface area contributed by atoms with Crippen molar-refractivity contribution in [3.8, 4) is 33.5 Å². The lowest BCUT2D eigenvalue weighted by atomic mass is 10.1. The van der Waals surface area contributed by atoms with Crippen molar-refractivity contribution < 1.29 is 9.47 Å². The quantitative estimate of drug-likeness (QED) is 0.303. The predicted octanol–water partition coefficient (Wildman–Crippen LogP) is 4.79. The summed E-state index contributed by atoms with van der Waals surface area (Å²) in [6.45, 7) is 4.58. The van der Waals surface area contributed by atoms with Gasteiger partial charge in [0.1, 0.15) is 5.01 Å².